The number of benzene rings is 1. The van der Waals surface area contributed by atoms with Gasteiger partial charge in [0.1, 0.15) is 11.4 Å². The normalized spacial score (nSPS) is 10.4. The third-order valence-electron chi connectivity index (χ3n) is 2.44. The minimum Gasteiger partial charge on any atom is -0.506 e. The maximum absolute atomic E-state index is 10.7. The van der Waals surface area contributed by atoms with E-state index in [1.807, 2.05) is 13.0 Å². The molecular weight excluding hydrogens is 204 g/mol. The molecule has 0 aliphatic carbocycles. The maximum Gasteiger partial charge on any atom is 0.153 e. The van der Waals surface area contributed by atoms with Crippen molar-refractivity contribution in [3.8, 4) is 11.4 Å². The summed E-state index contributed by atoms with van der Waals surface area (Å²) in [6, 6.07) is 5.31. The lowest BCUT2D eigenvalue weighted by atomic mass is 10.2. The van der Waals surface area contributed by atoms with Crippen LogP contribution < -0.4 is 0 Å². The first-order valence-corrected chi connectivity index (χ1v) is 4.93. The van der Waals surface area contributed by atoms with E-state index >= 15 is 0 Å². The van der Waals surface area contributed by atoms with Gasteiger partial charge in [0, 0.05) is 6.20 Å². The Kier molecular flexibility index (Phi) is 2.48. The van der Waals surface area contributed by atoms with Crippen LogP contribution in [-0.2, 0) is 0 Å². The SMILES string of the molecule is Cc1ccc(-n2cc(C=O)c(C)n2)c(O)c1. The van der Waals surface area contributed by atoms with Gasteiger partial charge in [-0.3, -0.25) is 4.79 Å². The van der Waals surface area contributed by atoms with Crippen molar-refractivity contribution in [3.05, 3.63) is 41.2 Å². The fraction of sp³-hybridized carbons (Fsp3) is 0.167. The van der Waals surface area contributed by atoms with Gasteiger partial charge >= 0.3 is 0 Å². The average molecular weight is 216 g/mol. The van der Waals surface area contributed by atoms with Crippen LogP contribution >= 0.6 is 0 Å². The zero-order valence-electron chi connectivity index (χ0n) is 9.14. The van der Waals surface area contributed by atoms with E-state index in [1.54, 1.807) is 25.3 Å². The molecule has 16 heavy (non-hydrogen) atoms. The van der Waals surface area contributed by atoms with Gasteiger partial charge in [0.2, 0.25) is 0 Å². The number of carbonyl (C=O) groups is 1. The second-order valence-electron chi connectivity index (χ2n) is 3.72. The number of hydrogen-bond donors (Lipinski definition) is 1. The number of aromatic hydroxyl groups is 1. The zero-order valence-corrected chi connectivity index (χ0v) is 9.14. The van der Waals surface area contributed by atoms with Gasteiger partial charge in [0.25, 0.3) is 0 Å². The molecule has 0 saturated heterocycles. The van der Waals surface area contributed by atoms with Crippen LogP contribution in [0.3, 0.4) is 0 Å². The Morgan fingerprint density at radius 3 is 2.69 bits per heavy atom. The number of phenols is 1. The molecule has 1 aromatic carbocycles. The smallest absolute Gasteiger partial charge is 0.153 e. The van der Waals surface area contributed by atoms with Crippen LogP contribution in [-0.4, -0.2) is 21.2 Å². The molecule has 0 aliphatic heterocycles. The van der Waals surface area contributed by atoms with Crippen LogP contribution in [0.25, 0.3) is 5.69 Å². The summed E-state index contributed by atoms with van der Waals surface area (Å²) >= 11 is 0. The van der Waals surface area contributed by atoms with Crippen LogP contribution in [0.5, 0.6) is 5.75 Å². The lowest BCUT2D eigenvalue weighted by Gasteiger charge is -2.04. The molecule has 0 radical (unpaired) electrons. The van der Waals surface area contributed by atoms with Crippen molar-refractivity contribution in [1.82, 2.24) is 9.78 Å². The molecule has 2 rings (SSSR count). The highest BCUT2D eigenvalue weighted by Crippen LogP contribution is 2.22. The maximum atomic E-state index is 10.7. The quantitative estimate of drug-likeness (QED) is 0.781. The van der Waals surface area contributed by atoms with Gasteiger partial charge in [-0.15, -0.1) is 0 Å². The molecule has 1 aromatic heterocycles. The highest BCUT2D eigenvalue weighted by atomic mass is 16.3. The molecule has 0 atom stereocenters. The third kappa shape index (κ3) is 1.69. The predicted molar refractivity (Wildman–Crippen MR) is 60.1 cm³/mol. The summed E-state index contributed by atoms with van der Waals surface area (Å²) in [7, 11) is 0. The van der Waals surface area contributed by atoms with E-state index in [2.05, 4.69) is 5.10 Å². The highest BCUT2D eigenvalue weighted by molar-refractivity contribution is 5.76. The Morgan fingerprint density at radius 2 is 2.12 bits per heavy atom. The lowest BCUT2D eigenvalue weighted by molar-refractivity contribution is 0.112. The third-order valence-corrected chi connectivity index (χ3v) is 2.44. The number of aldehydes is 1. The first kappa shape index (κ1) is 10.4. The summed E-state index contributed by atoms with van der Waals surface area (Å²) in [5.41, 5.74) is 2.72. The zero-order chi connectivity index (χ0) is 11.7. The molecule has 0 bridgehead atoms. The molecule has 1 N–H and O–H groups in total. The van der Waals surface area contributed by atoms with Crippen LogP contribution in [0.15, 0.2) is 24.4 Å². The molecule has 0 spiro atoms. The number of carbonyl (C=O) groups excluding carboxylic acids is 1. The molecule has 0 aliphatic rings. The molecule has 4 nitrogen and oxygen atoms in total. The molecule has 4 heteroatoms. The molecule has 82 valence electrons. The molecule has 1 heterocycles. The second kappa shape index (κ2) is 3.81. The molecule has 0 amide bonds. The van der Waals surface area contributed by atoms with E-state index < -0.39 is 0 Å². The highest BCUT2D eigenvalue weighted by Gasteiger charge is 2.08. The van der Waals surface area contributed by atoms with E-state index in [1.165, 1.54) is 4.68 Å². The molecule has 0 fully saturated rings. The fourth-order valence-electron chi connectivity index (χ4n) is 1.54. The standard InChI is InChI=1S/C12H12N2O2/c1-8-3-4-11(12(16)5-8)14-6-10(7-15)9(2)13-14/h3-7,16H,1-2H3. The van der Waals surface area contributed by atoms with Crippen molar-refractivity contribution in [2.24, 2.45) is 0 Å². The predicted octanol–water partition coefficient (Wildman–Crippen LogP) is 2.01. The average Bonchev–Trinajstić information content (AvgIpc) is 2.59. The molecule has 0 saturated carbocycles. The Hall–Kier alpha value is -2.10. The fourth-order valence-corrected chi connectivity index (χ4v) is 1.54. The number of hydrogen-bond acceptors (Lipinski definition) is 3. The summed E-state index contributed by atoms with van der Waals surface area (Å²) in [5, 5.41) is 13.9. The van der Waals surface area contributed by atoms with Crippen LogP contribution in [0.2, 0.25) is 0 Å². The van der Waals surface area contributed by atoms with Crippen LogP contribution in [0.1, 0.15) is 21.6 Å². The van der Waals surface area contributed by atoms with E-state index in [4.69, 9.17) is 0 Å². The van der Waals surface area contributed by atoms with Gasteiger partial charge in [-0.25, -0.2) is 4.68 Å². The number of phenolic OH excluding ortho intramolecular Hbond substituents is 1. The van der Waals surface area contributed by atoms with Gasteiger partial charge in [0.15, 0.2) is 6.29 Å². The lowest BCUT2D eigenvalue weighted by Crippen LogP contribution is -1.95. The van der Waals surface area contributed by atoms with Gasteiger partial charge in [0.05, 0.1) is 11.3 Å². The number of aromatic nitrogens is 2. The Balaban J connectivity index is 2.54. The summed E-state index contributed by atoms with van der Waals surface area (Å²) in [4.78, 5) is 10.7. The number of nitrogens with zero attached hydrogens (tertiary/aromatic N) is 2. The summed E-state index contributed by atoms with van der Waals surface area (Å²) in [5.74, 6) is 0.153. The van der Waals surface area contributed by atoms with Gasteiger partial charge < -0.3 is 5.11 Å². The van der Waals surface area contributed by atoms with Gasteiger partial charge in [-0.1, -0.05) is 6.07 Å². The Bertz CT molecular complexity index is 544. The van der Waals surface area contributed by atoms with Gasteiger partial charge in [-0.2, -0.15) is 5.10 Å². The first-order chi connectivity index (χ1) is 7.61. The van der Waals surface area contributed by atoms with Crippen molar-refractivity contribution in [2.45, 2.75) is 13.8 Å². The van der Waals surface area contributed by atoms with E-state index in [-0.39, 0.29) is 5.75 Å². The van der Waals surface area contributed by atoms with Crippen molar-refractivity contribution >= 4 is 6.29 Å². The minimum atomic E-state index is 0.153. The molecule has 2 aromatic rings. The van der Waals surface area contributed by atoms with Crippen molar-refractivity contribution in [2.75, 3.05) is 0 Å². The second-order valence-corrected chi connectivity index (χ2v) is 3.72. The van der Waals surface area contributed by atoms with E-state index in [0.29, 0.717) is 16.9 Å². The van der Waals surface area contributed by atoms with Crippen molar-refractivity contribution in [1.29, 1.82) is 0 Å². The summed E-state index contributed by atoms with van der Waals surface area (Å²) in [6.45, 7) is 3.65. The Morgan fingerprint density at radius 1 is 1.38 bits per heavy atom. The molecular formula is C12H12N2O2. The Labute approximate surface area is 93.1 Å². The number of rotatable bonds is 2. The van der Waals surface area contributed by atoms with Gasteiger partial charge in [-0.05, 0) is 31.5 Å². The monoisotopic (exact) mass is 216 g/mol. The van der Waals surface area contributed by atoms with Crippen LogP contribution in [0, 0.1) is 13.8 Å². The van der Waals surface area contributed by atoms with Crippen molar-refractivity contribution < 1.29 is 9.90 Å². The minimum absolute atomic E-state index is 0.153. The first-order valence-electron chi connectivity index (χ1n) is 4.93. The topological polar surface area (TPSA) is 55.1 Å². The van der Waals surface area contributed by atoms with E-state index in [0.717, 1.165) is 11.8 Å². The number of aryl methyl sites for hydroxylation is 2. The summed E-state index contributed by atoms with van der Waals surface area (Å²) in [6.07, 6.45) is 2.36. The van der Waals surface area contributed by atoms with Crippen LogP contribution in [0.4, 0.5) is 0 Å². The molecule has 0 unspecified atom stereocenters. The van der Waals surface area contributed by atoms with Crippen molar-refractivity contribution in [3.63, 3.8) is 0 Å². The largest absolute Gasteiger partial charge is 0.506 e. The van der Waals surface area contributed by atoms with E-state index in [9.17, 15) is 9.90 Å². The summed E-state index contributed by atoms with van der Waals surface area (Å²) < 4.78 is 1.51.